The number of primary amides is 1. The third-order valence-electron chi connectivity index (χ3n) is 1.05. The molecule has 0 aliphatic carbocycles. The molecule has 6 nitrogen and oxygen atoms in total. The fraction of sp³-hybridized carbons (Fsp3) is 0.125. The van der Waals surface area contributed by atoms with Gasteiger partial charge in [0, 0.05) is 6.20 Å². The van der Waals surface area contributed by atoms with Crippen LogP contribution in [0.5, 0.6) is 0 Å². The summed E-state index contributed by atoms with van der Waals surface area (Å²) in [7, 11) is 0. The molecule has 0 saturated carbocycles. The van der Waals surface area contributed by atoms with E-state index in [9.17, 15) is 4.79 Å². The highest BCUT2D eigenvalue weighted by atomic mass is 16.4. The first kappa shape index (κ1) is 12.0. The molecule has 1 rings (SSSR count). The SMILES string of the molecule is NC(=O)c1ccccn1.O=C(O)CO. The summed E-state index contributed by atoms with van der Waals surface area (Å²) in [5, 5.41) is 15.0. The Morgan fingerprint density at radius 3 is 2.21 bits per heavy atom. The first-order valence-corrected chi connectivity index (χ1v) is 3.61. The van der Waals surface area contributed by atoms with Crippen molar-refractivity contribution in [3.8, 4) is 0 Å². The molecule has 0 saturated heterocycles. The molecule has 0 bridgehead atoms. The average Bonchev–Trinajstić information content (AvgIpc) is 2.20. The Kier molecular flexibility index (Phi) is 5.64. The predicted octanol–water partition coefficient (Wildman–Crippen LogP) is -0.756. The maximum atomic E-state index is 10.4. The Bertz CT molecular complexity index is 299. The van der Waals surface area contributed by atoms with Gasteiger partial charge in [-0.05, 0) is 12.1 Å². The number of aliphatic hydroxyl groups excluding tert-OH is 1. The molecule has 0 unspecified atom stereocenters. The van der Waals surface area contributed by atoms with E-state index in [4.69, 9.17) is 20.7 Å². The first-order chi connectivity index (χ1) is 6.57. The van der Waals surface area contributed by atoms with Gasteiger partial charge in [0.25, 0.3) is 5.91 Å². The fourth-order valence-corrected chi connectivity index (χ4v) is 0.509. The van der Waals surface area contributed by atoms with Gasteiger partial charge in [-0.3, -0.25) is 9.78 Å². The van der Waals surface area contributed by atoms with E-state index >= 15 is 0 Å². The molecule has 0 aliphatic rings. The van der Waals surface area contributed by atoms with Crippen LogP contribution < -0.4 is 5.73 Å². The van der Waals surface area contributed by atoms with Gasteiger partial charge in [0.1, 0.15) is 12.3 Å². The van der Waals surface area contributed by atoms with Crippen LogP contribution in [0.3, 0.4) is 0 Å². The normalized spacial score (nSPS) is 8.36. The zero-order chi connectivity index (χ0) is 11.0. The van der Waals surface area contributed by atoms with Crippen molar-refractivity contribution < 1.29 is 19.8 Å². The molecule has 6 heteroatoms. The molecule has 1 aromatic rings. The summed E-state index contributed by atoms with van der Waals surface area (Å²) in [5.41, 5.74) is 5.22. The number of carboxylic acids is 1. The summed E-state index contributed by atoms with van der Waals surface area (Å²) in [6.07, 6.45) is 1.53. The lowest BCUT2D eigenvalue weighted by Crippen LogP contribution is -2.12. The van der Waals surface area contributed by atoms with Crippen LogP contribution in [0.1, 0.15) is 10.5 Å². The van der Waals surface area contributed by atoms with Gasteiger partial charge in [-0.15, -0.1) is 0 Å². The van der Waals surface area contributed by atoms with Crippen LogP contribution in [0, 0.1) is 0 Å². The maximum absolute atomic E-state index is 10.4. The fourth-order valence-electron chi connectivity index (χ4n) is 0.509. The minimum Gasteiger partial charge on any atom is -0.480 e. The highest BCUT2D eigenvalue weighted by Crippen LogP contribution is 1.88. The number of aliphatic hydroxyl groups is 1. The number of amides is 1. The molecule has 0 atom stereocenters. The van der Waals surface area contributed by atoms with Gasteiger partial charge in [-0.1, -0.05) is 6.07 Å². The number of pyridine rings is 1. The molecule has 14 heavy (non-hydrogen) atoms. The monoisotopic (exact) mass is 198 g/mol. The second-order valence-corrected chi connectivity index (χ2v) is 2.13. The summed E-state index contributed by atoms with van der Waals surface area (Å²) in [6, 6.07) is 5.02. The number of hydrogen-bond acceptors (Lipinski definition) is 4. The highest BCUT2D eigenvalue weighted by molar-refractivity contribution is 5.90. The number of aromatic nitrogens is 1. The maximum Gasteiger partial charge on any atom is 0.329 e. The summed E-state index contributed by atoms with van der Waals surface area (Å²) in [4.78, 5) is 23.2. The zero-order valence-corrected chi connectivity index (χ0v) is 7.25. The molecule has 76 valence electrons. The van der Waals surface area contributed by atoms with Crippen LogP contribution in [0.15, 0.2) is 24.4 Å². The van der Waals surface area contributed by atoms with Gasteiger partial charge in [0.05, 0.1) is 0 Å². The largest absolute Gasteiger partial charge is 0.480 e. The molecule has 4 N–H and O–H groups in total. The van der Waals surface area contributed by atoms with Crippen molar-refractivity contribution in [2.75, 3.05) is 6.61 Å². The van der Waals surface area contributed by atoms with Crippen molar-refractivity contribution in [2.45, 2.75) is 0 Å². The van der Waals surface area contributed by atoms with Gasteiger partial charge >= 0.3 is 5.97 Å². The quantitative estimate of drug-likeness (QED) is 0.578. The molecular weight excluding hydrogens is 188 g/mol. The molecule has 1 aromatic heterocycles. The number of carboxylic acid groups (broad SMARTS) is 1. The van der Waals surface area contributed by atoms with Crippen molar-refractivity contribution >= 4 is 11.9 Å². The van der Waals surface area contributed by atoms with Crippen molar-refractivity contribution in [2.24, 2.45) is 5.73 Å². The Balaban J connectivity index is 0.000000292. The van der Waals surface area contributed by atoms with Crippen LogP contribution in [0.25, 0.3) is 0 Å². The summed E-state index contributed by atoms with van der Waals surface area (Å²) < 4.78 is 0. The van der Waals surface area contributed by atoms with Gasteiger partial charge in [0.15, 0.2) is 0 Å². The lowest BCUT2D eigenvalue weighted by atomic mass is 10.3. The highest BCUT2D eigenvalue weighted by Gasteiger charge is 1.95. The van der Waals surface area contributed by atoms with Crippen LogP contribution >= 0.6 is 0 Å². The smallest absolute Gasteiger partial charge is 0.329 e. The molecule has 0 radical (unpaired) electrons. The number of rotatable bonds is 2. The van der Waals surface area contributed by atoms with E-state index in [-0.39, 0.29) is 0 Å². The number of carbonyl (C=O) groups excluding carboxylic acids is 1. The first-order valence-electron chi connectivity index (χ1n) is 3.61. The van der Waals surface area contributed by atoms with Gasteiger partial charge in [-0.2, -0.15) is 0 Å². The van der Waals surface area contributed by atoms with Gasteiger partial charge in [-0.25, -0.2) is 4.79 Å². The molecule has 0 aliphatic heterocycles. The molecule has 1 heterocycles. The Labute approximate surface area is 80.0 Å². The van der Waals surface area contributed by atoms with Gasteiger partial charge in [0.2, 0.25) is 0 Å². The van der Waals surface area contributed by atoms with Crippen LogP contribution in [0.2, 0.25) is 0 Å². The van der Waals surface area contributed by atoms with Crippen molar-refractivity contribution in [1.29, 1.82) is 0 Å². The van der Waals surface area contributed by atoms with Crippen LogP contribution in [-0.4, -0.2) is 33.7 Å². The van der Waals surface area contributed by atoms with Crippen LogP contribution in [-0.2, 0) is 4.79 Å². The average molecular weight is 198 g/mol. The third-order valence-corrected chi connectivity index (χ3v) is 1.05. The Hall–Kier alpha value is -1.95. The number of aliphatic carboxylic acids is 1. The van der Waals surface area contributed by atoms with Crippen molar-refractivity contribution in [3.05, 3.63) is 30.1 Å². The molecular formula is C8H10N2O4. The standard InChI is InChI=1S/C6H6N2O.C2H4O3/c7-6(9)5-3-1-2-4-8-5;3-1-2(4)5/h1-4H,(H2,7,9);3H,1H2,(H,4,5). The van der Waals surface area contributed by atoms with E-state index in [0.29, 0.717) is 5.69 Å². The van der Waals surface area contributed by atoms with E-state index < -0.39 is 18.5 Å². The van der Waals surface area contributed by atoms with E-state index in [1.807, 2.05) is 0 Å². The topological polar surface area (TPSA) is 114 Å². The predicted molar refractivity (Wildman–Crippen MR) is 47.5 cm³/mol. The van der Waals surface area contributed by atoms with E-state index in [1.54, 1.807) is 18.2 Å². The van der Waals surface area contributed by atoms with Crippen molar-refractivity contribution in [3.63, 3.8) is 0 Å². The lowest BCUT2D eigenvalue weighted by Gasteiger charge is -1.88. The Morgan fingerprint density at radius 2 is 2.00 bits per heavy atom. The number of nitrogens with zero attached hydrogens (tertiary/aromatic N) is 1. The van der Waals surface area contributed by atoms with Crippen molar-refractivity contribution in [1.82, 2.24) is 4.98 Å². The molecule has 0 fully saturated rings. The van der Waals surface area contributed by atoms with E-state index in [1.165, 1.54) is 6.20 Å². The zero-order valence-electron chi connectivity index (χ0n) is 7.25. The second kappa shape index (κ2) is 6.55. The minimum atomic E-state index is -1.19. The second-order valence-electron chi connectivity index (χ2n) is 2.13. The Morgan fingerprint density at radius 1 is 1.43 bits per heavy atom. The minimum absolute atomic E-state index is 0.303. The van der Waals surface area contributed by atoms with E-state index in [0.717, 1.165) is 0 Å². The molecule has 0 aromatic carbocycles. The number of carbonyl (C=O) groups is 2. The summed E-state index contributed by atoms with van der Waals surface area (Å²) in [5.74, 6) is -1.68. The summed E-state index contributed by atoms with van der Waals surface area (Å²) in [6.45, 7) is -0.778. The molecule has 0 spiro atoms. The number of hydrogen-bond donors (Lipinski definition) is 3. The summed E-state index contributed by atoms with van der Waals surface area (Å²) >= 11 is 0. The van der Waals surface area contributed by atoms with E-state index in [2.05, 4.69) is 4.98 Å². The molecule has 1 amide bonds. The number of nitrogens with two attached hydrogens (primary N) is 1. The lowest BCUT2D eigenvalue weighted by molar-refractivity contribution is -0.140. The van der Waals surface area contributed by atoms with Crippen LogP contribution in [0.4, 0.5) is 0 Å². The third kappa shape index (κ3) is 5.67. The van der Waals surface area contributed by atoms with Gasteiger partial charge < -0.3 is 15.9 Å².